The SMILES string of the molecule is COCCN1CC(CC(OC)(OC)OC)CN(CCOC)C1. The fourth-order valence-corrected chi connectivity index (χ4v) is 2.93. The molecule has 1 fully saturated rings. The van der Waals surface area contributed by atoms with Crippen LogP contribution in [0, 0.1) is 5.92 Å². The third kappa shape index (κ3) is 6.08. The Morgan fingerprint density at radius 1 is 0.818 bits per heavy atom. The summed E-state index contributed by atoms with van der Waals surface area (Å²) < 4.78 is 26.7. The molecule has 0 radical (unpaired) electrons. The van der Waals surface area contributed by atoms with Crippen molar-refractivity contribution in [3.63, 3.8) is 0 Å². The maximum atomic E-state index is 5.44. The predicted octanol–water partition coefficient (Wildman–Crippen LogP) is 0.454. The molecule has 0 saturated carbocycles. The fraction of sp³-hybridized carbons (Fsp3) is 1.00. The Labute approximate surface area is 134 Å². The van der Waals surface area contributed by atoms with Crippen molar-refractivity contribution >= 4 is 0 Å². The Balaban J connectivity index is 2.65. The quantitative estimate of drug-likeness (QED) is 0.512. The van der Waals surface area contributed by atoms with E-state index in [1.807, 2.05) is 0 Å². The zero-order chi connectivity index (χ0) is 16.4. The van der Waals surface area contributed by atoms with Crippen molar-refractivity contribution in [2.24, 2.45) is 5.92 Å². The number of methoxy groups -OCH3 is 5. The first-order valence-corrected chi connectivity index (χ1v) is 7.71. The number of ether oxygens (including phenoxy) is 5. The highest BCUT2D eigenvalue weighted by Crippen LogP contribution is 2.26. The van der Waals surface area contributed by atoms with Gasteiger partial charge in [0.1, 0.15) is 0 Å². The van der Waals surface area contributed by atoms with Crippen LogP contribution >= 0.6 is 0 Å². The molecule has 0 aromatic rings. The summed E-state index contributed by atoms with van der Waals surface area (Å²) in [4.78, 5) is 4.78. The molecule has 0 unspecified atom stereocenters. The standard InChI is InChI=1S/C15H32N2O5/c1-18-8-6-16-11-14(10-15(20-3,21-4)22-5)12-17(13-16)7-9-19-2/h14H,6-13H2,1-5H3. The molecular weight excluding hydrogens is 288 g/mol. The summed E-state index contributed by atoms with van der Waals surface area (Å²) in [6, 6.07) is 0. The van der Waals surface area contributed by atoms with Crippen LogP contribution in [0.25, 0.3) is 0 Å². The molecule has 0 aliphatic carbocycles. The monoisotopic (exact) mass is 320 g/mol. The van der Waals surface area contributed by atoms with E-state index in [4.69, 9.17) is 23.7 Å². The van der Waals surface area contributed by atoms with Gasteiger partial charge in [-0.05, 0) is 5.92 Å². The van der Waals surface area contributed by atoms with Gasteiger partial charge in [-0.3, -0.25) is 9.80 Å². The van der Waals surface area contributed by atoms with E-state index in [1.165, 1.54) is 0 Å². The van der Waals surface area contributed by atoms with Crippen molar-refractivity contribution in [3.8, 4) is 0 Å². The van der Waals surface area contributed by atoms with Gasteiger partial charge in [-0.2, -0.15) is 0 Å². The summed E-state index contributed by atoms with van der Waals surface area (Å²) in [6.45, 7) is 6.18. The zero-order valence-electron chi connectivity index (χ0n) is 14.7. The van der Waals surface area contributed by atoms with Crippen LogP contribution in [0.5, 0.6) is 0 Å². The highest BCUT2D eigenvalue weighted by molar-refractivity contribution is 4.79. The summed E-state index contributed by atoms with van der Waals surface area (Å²) in [5.41, 5.74) is 0. The van der Waals surface area contributed by atoms with Crippen molar-refractivity contribution in [1.82, 2.24) is 9.80 Å². The molecule has 1 rings (SSSR count). The highest BCUT2D eigenvalue weighted by atomic mass is 16.9. The van der Waals surface area contributed by atoms with E-state index in [0.29, 0.717) is 12.3 Å². The van der Waals surface area contributed by atoms with E-state index in [-0.39, 0.29) is 0 Å². The predicted molar refractivity (Wildman–Crippen MR) is 83.6 cm³/mol. The van der Waals surface area contributed by atoms with E-state index in [0.717, 1.165) is 46.1 Å². The lowest BCUT2D eigenvalue weighted by atomic mass is 10.00. The number of nitrogens with zero attached hydrogens (tertiary/aromatic N) is 2. The van der Waals surface area contributed by atoms with Crippen LogP contribution in [-0.4, -0.2) is 97.4 Å². The molecule has 0 aromatic heterocycles. The molecule has 7 heteroatoms. The normalized spacial score (nSPS) is 19.0. The topological polar surface area (TPSA) is 52.6 Å². The number of rotatable bonds is 11. The third-order valence-corrected chi connectivity index (χ3v) is 4.13. The largest absolute Gasteiger partial charge is 0.383 e. The molecular formula is C15H32N2O5. The second-order valence-corrected chi connectivity index (χ2v) is 5.65. The van der Waals surface area contributed by atoms with Gasteiger partial charge < -0.3 is 23.7 Å². The molecule has 0 bridgehead atoms. The Kier molecular flexibility index (Phi) is 9.42. The van der Waals surface area contributed by atoms with Crippen LogP contribution < -0.4 is 0 Å². The highest BCUT2D eigenvalue weighted by Gasteiger charge is 2.36. The molecule has 0 aromatic carbocycles. The van der Waals surface area contributed by atoms with Crippen molar-refractivity contribution in [2.45, 2.75) is 12.4 Å². The van der Waals surface area contributed by atoms with Gasteiger partial charge in [0, 0.05) is 68.1 Å². The van der Waals surface area contributed by atoms with Crippen molar-refractivity contribution in [2.75, 3.05) is 81.6 Å². The Bertz CT molecular complexity index is 265. The number of hydrogen-bond donors (Lipinski definition) is 0. The van der Waals surface area contributed by atoms with E-state index < -0.39 is 5.97 Å². The molecule has 0 amide bonds. The first-order valence-electron chi connectivity index (χ1n) is 7.71. The molecule has 1 aliphatic rings. The van der Waals surface area contributed by atoms with Gasteiger partial charge in [-0.1, -0.05) is 0 Å². The summed E-state index contributed by atoms with van der Waals surface area (Å²) in [7, 11) is 8.30. The third-order valence-electron chi connectivity index (χ3n) is 4.13. The van der Waals surface area contributed by atoms with E-state index in [9.17, 15) is 0 Å². The summed E-state index contributed by atoms with van der Waals surface area (Å²) in [5.74, 6) is -0.579. The maximum absolute atomic E-state index is 5.44. The van der Waals surface area contributed by atoms with E-state index in [2.05, 4.69) is 9.80 Å². The minimum atomic E-state index is -0.970. The molecule has 1 aliphatic heterocycles. The second kappa shape index (κ2) is 10.5. The van der Waals surface area contributed by atoms with Crippen LogP contribution in [0.15, 0.2) is 0 Å². The lowest BCUT2D eigenvalue weighted by molar-refractivity contribution is -0.360. The van der Waals surface area contributed by atoms with Crippen molar-refractivity contribution in [3.05, 3.63) is 0 Å². The molecule has 0 N–H and O–H groups in total. The van der Waals surface area contributed by atoms with Gasteiger partial charge in [0.2, 0.25) is 0 Å². The van der Waals surface area contributed by atoms with Gasteiger partial charge in [0.25, 0.3) is 5.97 Å². The average Bonchev–Trinajstić information content (AvgIpc) is 2.56. The van der Waals surface area contributed by atoms with Crippen LogP contribution in [0.3, 0.4) is 0 Å². The van der Waals surface area contributed by atoms with Gasteiger partial charge in [0.05, 0.1) is 19.9 Å². The minimum Gasteiger partial charge on any atom is -0.383 e. The number of hydrogen-bond acceptors (Lipinski definition) is 7. The lowest BCUT2D eigenvalue weighted by Gasteiger charge is -2.42. The summed E-state index contributed by atoms with van der Waals surface area (Å²) in [6.07, 6.45) is 0.684. The van der Waals surface area contributed by atoms with Crippen LogP contribution in [0.4, 0.5) is 0 Å². The van der Waals surface area contributed by atoms with Crippen molar-refractivity contribution in [1.29, 1.82) is 0 Å². The van der Waals surface area contributed by atoms with Gasteiger partial charge >= 0.3 is 0 Å². The van der Waals surface area contributed by atoms with Crippen LogP contribution in [0.1, 0.15) is 6.42 Å². The Morgan fingerprint density at radius 2 is 1.27 bits per heavy atom. The van der Waals surface area contributed by atoms with Gasteiger partial charge in [-0.15, -0.1) is 0 Å². The average molecular weight is 320 g/mol. The van der Waals surface area contributed by atoms with Crippen molar-refractivity contribution < 1.29 is 23.7 Å². The molecule has 0 spiro atoms. The Hall–Kier alpha value is -0.280. The van der Waals surface area contributed by atoms with Crippen LogP contribution in [0.2, 0.25) is 0 Å². The minimum absolute atomic E-state index is 0.391. The molecule has 1 heterocycles. The fourth-order valence-electron chi connectivity index (χ4n) is 2.93. The first kappa shape index (κ1) is 19.8. The van der Waals surface area contributed by atoms with Gasteiger partial charge in [-0.25, -0.2) is 0 Å². The second-order valence-electron chi connectivity index (χ2n) is 5.65. The maximum Gasteiger partial charge on any atom is 0.282 e. The summed E-state index contributed by atoms with van der Waals surface area (Å²) >= 11 is 0. The molecule has 1 saturated heterocycles. The lowest BCUT2D eigenvalue weighted by Crippen LogP contribution is -2.53. The molecule has 132 valence electrons. The molecule has 22 heavy (non-hydrogen) atoms. The molecule has 0 atom stereocenters. The molecule has 7 nitrogen and oxygen atoms in total. The summed E-state index contributed by atoms with van der Waals surface area (Å²) in [5, 5.41) is 0. The van der Waals surface area contributed by atoms with Crippen LogP contribution in [-0.2, 0) is 23.7 Å². The smallest absolute Gasteiger partial charge is 0.282 e. The van der Waals surface area contributed by atoms with E-state index >= 15 is 0 Å². The Morgan fingerprint density at radius 3 is 1.64 bits per heavy atom. The van der Waals surface area contributed by atoms with E-state index in [1.54, 1.807) is 35.5 Å². The first-order chi connectivity index (χ1) is 10.6. The van der Waals surface area contributed by atoms with Gasteiger partial charge in [0.15, 0.2) is 0 Å². The zero-order valence-corrected chi connectivity index (χ0v) is 14.7.